The van der Waals surface area contributed by atoms with Gasteiger partial charge in [0, 0.05) is 0 Å². The molecule has 7 atom stereocenters. The first kappa shape index (κ1) is 28.5. The average molecular weight is 523 g/mol. The van der Waals surface area contributed by atoms with Gasteiger partial charge in [0.2, 0.25) is 6.29 Å². The molecule has 1 heterocycles. The SMILES string of the molecule is COc1cc(CC(C)C(Cc2ccc(O[C@@H]3O[C@H](CO)[C@@H](O)[C@H](O)[C@H]3O)c(OC)c2)C(=O)O)ccc1O. The zero-order valence-corrected chi connectivity index (χ0v) is 20.9. The Morgan fingerprint density at radius 2 is 1.54 bits per heavy atom. The summed E-state index contributed by atoms with van der Waals surface area (Å²) < 4.78 is 21.6. The fourth-order valence-corrected chi connectivity index (χ4v) is 4.38. The van der Waals surface area contributed by atoms with Crippen LogP contribution >= 0.6 is 0 Å². The molecule has 1 saturated heterocycles. The van der Waals surface area contributed by atoms with Gasteiger partial charge in [-0.1, -0.05) is 19.1 Å². The van der Waals surface area contributed by atoms with Crippen molar-refractivity contribution in [1.82, 2.24) is 0 Å². The maximum Gasteiger partial charge on any atom is 0.307 e. The summed E-state index contributed by atoms with van der Waals surface area (Å²) >= 11 is 0. The number of carboxylic acid groups (broad SMARTS) is 1. The van der Waals surface area contributed by atoms with E-state index in [0.29, 0.717) is 17.7 Å². The number of hydrogen-bond acceptors (Lipinski definition) is 10. The van der Waals surface area contributed by atoms with Crippen molar-refractivity contribution in [3.05, 3.63) is 47.5 Å². The Morgan fingerprint density at radius 1 is 0.919 bits per heavy atom. The summed E-state index contributed by atoms with van der Waals surface area (Å²) in [5.74, 6) is -1.23. The van der Waals surface area contributed by atoms with Crippen LogP contribution in [0.25, 0.3) is 0 Å². The summed E-state index contributed by atoms with van der Waals surface area (Å²) in [6, 6.07) is 9.72. The summed E-state index contributed by atoms with van der Waals surface area (Å²) in [5, 5.41) is 59.3. The molecule has 37 heavy (non-hydrogen) atoms. The highest BCUT2D eigenvalue weighted by Gasteiger charge is 2.45. The summed E-state index contributed by atoms with van der Waals surface area (Å²) in [5.41, 5.74) is 1.50. The van der Waals surface area contributed by atoms with Crippen molar-refractivity contribution in [2.75, 3.05) is 20.8 Å². The Labute approximate surface area is 214 Å². The molecule has 1 aliphatic heterocycles. The summed E-state index contributed by atoms with van der Waals surface area (Å²) in [6.45, 7) is 1.25. The molecule has 0 aliphatic carbocycles. The van der Waals surface area contributed by atoms with E-state index in [1.807, 2.05) is 6.92 Å². The van der Waals surface area contributed by atoms with Gasteiger partial charge in [-0.2, -0.15) is 0 Å². The lowest BCUT2D eigenvalue weighted by molar-refractivity contribution is -0.277. The highest BCUT2D eigenvalue weighted by molar-refractivity contribution is 5.71. The van der Waals surface area contributed by atoms with Crippen LogP contribution in [0.2, 0.25) is 0 Å². The molecule has 6 N–H and O–H groups in total. The van der Waals surface area contributed by atoms with E-state index in [0.717, 1.165) is 5.56 Å². The predicted molar refractivity (Wildman–Crippen MR) is 130 cm³/mol. The van der Waals surface area contributed by atoms with Gasteiger partial charge in [-0.15, -0.1) is 0 Å². The van der Waals surface area contributed by atoms with E-state index in [2.05, 4.69) is 0 Å². The molecule has 0 amide bonds. The molecule has 0 spiro atoms. The Morgan fingerprint density at radius 3 is 2.16 bits per heavy atom. The van der Waals surface area contributed by atoms with Crippen LogP contribution in [-0.4, -0.2) is 88.1 Å². The summed E-state index contributed by atoms with van der Waals surface area (Å²) in [7, 11) is 2.84. The van der Waals surface area contributed by atoms with Crippen molar-refractivity contribution in [3.8, 4) is 23.0 Å². The van der Waals surface area contributed by atoms with Gasteiger partial charge in [0.1, 0.15) is 24.4 Å². The third-order valence-corrected chi connectivity index (χ3v) is 6.58. The number of aliphatic carboxylic acids is 1. The standard InChI is InChI=1S/C26H34O11/c1-13(8-14-4-6-17(28)19(10-14)34-2)16(25(32)33)9-15-5-7-18(20(11-15)35-3)36-26-24(31)23(30)22(29)21(12-27)37-26/h4-7,10-11,13,16,21-24,26-31H,8-9,12H2,1-3H3,(H,32,33)/t13?,16?,21-,22-,23+,24-,26-/m1/s1. The maximum absolute atomic E-state index is 12.1. The first-order chi connectivity index (χ1) is 17.6. The molecule has 204 valence electrons. The smallest absolute Gasteiger partial charge is 0.307 e. The predicted octanol–water partition coefficient (Wildman–Crippen LogP) is 0.710. The number of aromatic hydroxyl groups is 1. The third-order valence-electron chi connectivity index (χ3n) is 6.58. The quantitative estimate of drug-likeness (QED) is 0.245. The minimum atomic E-state index is -1.59. The maximum atomic E-state index is 12.1. The second kappa shape index (κ2) is 12.4. The van der Waals surface area contributed by atoms with E-state index >= 15 is 0 Å². The lowest BCUT2D eigenvalue weighted by Gasteiger charge is -2.39. The van der Waals surface area contributed by atoms with Crippen molar-refractivity contribution >= 4 is 5.97 Å². The zero-order valence-electron chi connectivity index (χ0n) is 20.9. The van der Waals surface area contributed by atoms with E-state index in [1.54, 1.807) is 24.3 Å². The molecule has 0 bridgehead atoms. The van der Waals surface area contributed by atoms with Crippen molar-refractivity contribution < 1.29 is 54.4 Å². The van der Waals surface area contributed by atoms with Crippen LogP contribution in [0, 0.1) is 11.8 Å². The highest BCUT2D eigenvalue weighted by atomic mass is 16.7. The summed E-state index contributed by atoms with van der Waals surface area (Å²) in [4.78, 5) is 12.1. The van der Waals surface area contributed by atoms with Crippen LogP contribution in [0.5, 0.6) is 23.0 Å². The van der Waals surface area contributed by atoms with Gasteiger partial charge in [0.15, 0.2) is 23.0 Å². The first-order valence-corrected chi connectivity index (χ1v) is 11.8. The second-order valence-electron chi connectivity index (χ2n) is 9.14. The molecule has 0 aromatic heterocycles. The van der Waals surface area contributed by atoms with E-state index in [9.17, 15) is 35.4 Å². The molecule has 1 aliphatic rings. The molecule has 2 unspecified atom stereocenters. The number of ether oxygens (including phenoxy) is 4. The normalized spacial score (nSPS) is 25.2. The largest absolute Gasteiger partial charge is 0.504 e. The number of phenols is 1. The minimum absolute atomic E-state index is 0.00630. The lowest BCUT2D eigenvalue weighted by Crippen LogP contribution is -2.60. The monoisotopic (exact) mass is 522 g/mol. The van der Waals surface area contributed by atoms with Crippen LogP contribution in [0.4, 0.5) is 0 Å². The third kappa shape index (κ3) is 6.62. The molecule has 0 radical (unpaired) electrons. The van der Waals surface area contributed by atoms with Crippen molar-refractivity contribution in [2.45, 2.75) is 50.5 Å². The van der Waals surface area contributed by atoms with Crippen LogP contribution < -0.4 is 14.2 Å². The number of methoxy groups -OCH3 is 2. The Hall–Kier alpha value is -3.09. The fraction of sp³-hybridized carbons (Fsp3) is 0.500. The molecular formula is C26H34O11. The number of rotatable bonds is 11. The molecular weight excluding hydrogens is 488 g/mol. The van der Waals surface area contributed by atoms with E-state index in [1.165, 1.54) is 26.4 Å². The molecule has 2 aromatic rings. The van der Waals surface area contributed by atoms with E-state index in [4.69, 9.17) is 18.9 Å². The number of carbonyl (C=O) groups is 1. The number of carboxylic acids is 1. The second-order valence-corrected chi connectivity index (χ2v) is 9.14. The Bertz CT molecular complexity index is 1060. The molecule has 0 saturated carbocycles. The summed E-state index contributed by atoms with van der Waals surface area (Å²) in [6.07, 6.45) is -6.55. The van der Waals surface area contributed by atoms with Gasteiger partial charge in [-0.25, -0.2) is 0 Å². The van der Waals surface area contributed by atoms with Gasteiger partial charge >= 0.3 is 5.97 Å². The zero-order chi connectivity index (χ0) is 27.3. The van der Waals surface area contributed by atoms with Crippen molar-refractivity contribution in [1.29, 1.82) is 0 Å². The number of phenolic OH excluding ortho intramolecular Hbond substituents is 1. The van der Waals surface area contributed by atoms with Gasteiger partial charge in [0.05, 0.1) is 26.7 Å². The first-order valence-electron chi connectivity index (χ1n) is 11.8. The van der Waals surface area contributed by atoms with Gasteiger partial charge in [0.25, 0.3) is 0 Å². The van der Waals surface area contributed by atoms with Gasteiger partial charge < -0.3 is 49.6 Å². The molecule has 11 heteroatoms. The number of aliphatic hydroxyl groups is 4. The van der Waals surface area contributed by atoms with Crippen LogP contribution in [0.15, 0.2) is 36.4 Å². The lowest BCUT2D eigenvalue weighted by atomic mass is 9.84. The number of hydrogen-bond donors (Lipinski definition) is 6. The molecule has 11 nitrogen and oxygen atoms in total. The topological polar surface area (TPSA) is 175 Å². The fourth-order valence-electron chi connectivity index (χ4n) is 4.38. The van der Waals surface area contributed by atoms with Gasteiger partial charge in [-0.05, 0) is 54.2 Å². The van der Waals surface area contributed by atoms with Crippen molar-refractivity contribution in [2.24, 2.45) is 11.8 Å². The molecule has 1 fully saturated rings. The molecule has 3 rings (SSSR count). The molecule has 2 aromatic carbocycles. The number of aliphatic hydroxyl groups excluding tert-OH is 4. The minimum Gasteiger partial charge on any atom is -0.504 e. The van der Waals surface area contributed by atoms with Gasteiger partial charge in [-0.3, -0.25) is 4.79 Å². The highest BCUT2D eigenvalue weighted by Crippen LogP contribution is 2.34. The van der Waals surface area contributed by atoms with Crippen LogP contribution in [-0.2, 0) is 22.4 Å². The van der Waals surface area contributed by atoms with E-state index in [-0.39, 0.29) is 29.6 Å². The Kier molecular flexibility index (Phi) is 9.57. The van der Waals surface area contributed by atoms with Crippen molar-refractivity contribution in [3.63, 3.8) is 0 Å². The van der Waals surface area contributed by atoms with Crippen LogP contribution in [0.1, 0.15) is 18.1 Å². The van der Waals surface area contributed by atoms with Crippen LogP contribution in [0.3, 0.4) is 0 Å². The number of benzene rings is 2. The van der Waals surface area contributed by atoms with E-state index < -0.39 is 49.2 Å². The average Bonchev–Trinajstić information content (AvgIpc) is 2.88. The Balaban J connectivity index is 1.74.